The Morgan fingerprint density at radius 1 is 1.25 bits per heavy atom. The monoisotopic (exact) mass is 274 g/mol. The molecule has 0 radical (unpaired) electrons. The highest BCUT2D eigenvalue weighted by Crippen LogP contribution is 2.22. The Labute approximate surface area is 119 Å². The molecule has 1 heterocycles. The molecule has 20 heavy (non-hydrogen) atoms. The van der Waals surface area contributed by atoms with E-state index >= 15 is 0 Å². The van der Waals surface area contributed by atoms with E-state index in [9.17, 15) is 9.59 Å². The summed E-state index contributed by atoms with van der Waals surface area (Å²) in [4.78, 5) is 26.1. The van der Waals surface area contributed by atoms with Crippen LogP contribution in [0.15, 0.2) is 30.3 Å². The summed E-state index contributed by atoms with van der Waals surface area (Å²) in [5, 5.41) is 0. The average Bonchev–Trinajstić information content (AvgIpc) is 2.47. The van der Waals surface area contributed by atoms with Gasteiger partial charge in [0.1, 0.15) is 0 Å². The molecule has 2 N–H and O–H groups in total. The molecule has 1 fully saturated rings. The lowest BCUT2D eigenvalue weighted by molar-refractivity contribution is -0.132. The number of Topliss-reactive ketones (excluding diaryl/α,β-unsaturated/α-hetero) is 1. The van der Waals surface area contributed by atoms with Gasteiger partial charge in [0.15, 0.2) is 5.78 Å². The van der Waals surface area contributed by atoms with Crippen molar-refractivity contribution in [1.29, 1.82) is 0 Å². The molecule has 1 aromatic carbocycles. The number of hydrogen-bond donors (Lipinski definition) is 1. The quantitative estimate of drug-likeness (QED) is 0.852. The van der Waals surface area contributed by atoms with Crippen LogP contribution in [-0.2, 0) is 4.79 Å². The first-order valence-corrected chi connectivity index (χ1v) is 7.20. The second-order valence-corrected chi connectivity index (χ2v) is 5.57. The maximum Gasteiger partial charge on any atom is 0.224 e. The predicted molar refractivity (Wildman–Crippen MR) is 78.3 cm³/mol. The number of likely N-dealkylation sites (tertiary alicyclic amines) is 1. The van der Waals surface area contributed by atoms with E-state index in [0.717, 1.165) is 18.4 Å². The molecule has 0 aromatic heterocycles. The average molecular weight is 274 g/mol. The summed E-state index contributed by atoms with van der Waals surface area (Å²) in [6.07, 6.45) is 1.88. The van der Waals surface area contributed by atoms with E-state index in [0.29, 0.717) is 19.5 Å². The molecule has 1 atom stereocenters. The molecule has 0 bridgehead atoms. The summed E-state index contributed by atoms with van der Waals surface area (Å²) in [7, 11) is 0. The molecule has 1 saturated heterocycles. The van der Waals surface area contributed by atoms with Gasteiger partial charge in [0.25, 0.3) is 0 Å². The molecule has 1 unspecified atom stereocenters. The van der Waals surface area contributed by atoms with Crippen LogP contribution < -0.4 is 5.73 Å². The summed E-state index contributed by atoms with van der Waals surface area (Å²) in [5.41, 5.74) is 6.42. The van der Waals surface area contributed by atoms with Crippen molar-refractivity contribution in [2.24, 2.45) is 11.7 Å². The Morgan fingerprint density at radius 3 is 2.40 bits per heavy atom. The standard InChI is InChI=1S/C16H22N2O2/c1-12(17)11-15(19)18-9-7-14(8-10-18)16(20)13-5-3-2-4-6-13/h2-6,12,14H,7-11,17H2,1H3. The number of piperidine rings is 1. The van der Waals surface area contributed by atoms with Crippen LogP contribution in [-0.4, -0.2) is 35.7 Å². The van der Waals surface area contributed by atoms with Crippen molar-refractivity contribution in [3.63, 3.8) is 0 Å². The molecule has 1 aromatic rings. The lowest BCUT2D eigenvalue weighted by atomic mass is 9.89. The van der Waals surface area contributed by atoms with Gasteiger partial charge in [-0.15, -0.1) is 0 Å². The van der Waals surface area contributed by atoms with E-state index in [1.165, 1.54) is 0 Å². The first-order chi connectivity index (χ1) is 9.58. The fourth-order valence-corrected chi connectivity index (χ4v) is 2.63. The highest BCUT2D eigenvalue weighted by Gasteiger charge is 2.27. The molecule has 108 valence electrons. The number of hydrogen-bond acceptors (Lipinski definition) is 3. The number of nitrogens with zero attached hydrogens (tertiary/aromatic N) is 1. The van der Waals surface area contributed by atoms with Crippen molar-refractivity contribution < 1.29 is 9.59 Å². The van der Waals surface area contributed by atoms with Crippen LogP contribution in [0.5, 0.6) is 0 Å². The molecule has 1 amide bonds. The number of carbonyl (C=O) groups excluding carboxylic acids is 2. The summed E-state index contributed by atoms with van der Waals surface area (Å²) < 4.78 is 0. The molecule has 0 saturated carbocycles. The fraction of sp³-hybridized carbons (Fsp3) is 0.500. The van der Waals surface area contributed by atoms with Gasteiger partial charge < -0.3 is 10.6 Å². The number of nitrogens with two attached hydrogens (primary N) is 1. The Morgan fingerprint density at radius 2 is 1.85 bits per heavy atom. The van der Waals surface area contributed by atoms with E-state index in [4.69, 9.17) is 5.73 Å². The van der Waals surface area contributed by atoms with Gasteiger partial charge in [-0.1, -0.05) is 30.3 Å². The minimum absolute atomic E-state index is 0.0387. The number of benzene rings is 1. The summed E-state index contributed by atoms with van der Waals surface area (Å²) in [6, 6.07) is 9.28. The van der Waals surface area contributed by atoms with Crippen molar-refractivity contribution in [3.8, 4) is 0 Å². The first kappa shape index (κ1) is 14.7. The highest BCUT2D eigenvalue weighted by atomic mass is 16.2. The Hall–Kier alpha value is -1.68. The molecule has 1 aliphatic heterocycles. The third-order valence-electron chi connectivity index (χ3n) is 3.77. The van der Waals surface area contributed by atoms with E-state index in [1.807, 2.05) is 42.2 Å². The summed E-state index contributed by atoms with van der Waals surface area (Å²) in [6.45, 7) is 3.16. The molecular formula is C16H22N2O2. The van der Waals surface area contributed by atoms with E-state index in [2.05, 4.69) is 0 Å². The molecular weight excluding hydrogens is 252 g/mol. The molecule has 2 rings (SSSR count). The summed E-state index contributed by atoms with van der Waals surface area (Å²) >= 11 is 0. The zero-order chi connectivity index (χ0) is 14.5. The van der Waals surface area contributed by atoms with Crippen LogP contribution in [0.1, 0.15) is 36.5 Å². The summed E-state index contributed by atoms with van der Waals surface area (Å²) in [5.74, 6) is 0.340. The van der Waals surface area contributed by atoms with Crippen LogP contribution in [0.4, 0.5) is 0 Å². The van der Waals surface area contributed by atoms with Crippen LogP contribution >= 0.6 is 0 Å². The van der Waals surface area contributed by atoms with Gasteiger partial charge in [-0.25, -0.2) is 0 Å². The zero-order valence-electron chi connectivity index (χ0n) is 11.9. The van der Waals surface area contributed by atoms with Crippen molar-refractivity contribution >= 4 is 11.7 Å². The van der Waals surface area contributed by atoms with Crippen LogP contribution in [0, 0.1) is 5.92 Å². The van der Waals surface area contributed by atoms with E-state index < -0.39 is 0 Å². The van der Waals surface area contributed by atoms with Crippen molar-refractivity contribution in [2.45, 2.75) is 32.2 Å². The highest BCUT2D eigenvalue weighted by molar-refractivity contribution is 5.98. The first-order valence-electron chi connectivity index (χ1n) is 7.20. The van der Waals surface area contributed by atoms with Gasteiger partial charge in [0.2, 0.25) is 5.91 Å². The maximum absolute atomic E-state index is 12.3. The number of ketones is 1. The normalized spacial score (nSPS) is 17.8. The van der Waals surface area contributed by atoms with Gasteiger partial charge in [-0.3, -0.25) is 9.59 Å². The lowest BCUT2D eigenvalue weighted by Crippen LogP contribution is -2.42. The van der Waals surface area contributed by atoms with Crippen molar-refractivity contribution in [3.05, 3.63) is 35.9 Å². The topological polar surface area (TPSA) is 63.4 Å². The number of rotatable bonds is 4. The van der Waals surface area contributed by atoms with Gasteiger partial charge >= 0.3 is 0 Å². The van der Waals surface area contributed by atoms with Gasteiger partial charge in [0.05, 0.1) is 0 Å². The molecule has 4 nitrogen and oxygen atoms in total. The molecule has 1 aliphatic rings. The largest absolute Gasteiger partial charge is 0.343 e. The lowest BCUT2D eigenvalue weighted by Gasteiger charge is -2.31. The van der Waals surface area contributed by atoms with Crippen molar-refractivity contribution in [2.75, 3.05) is 13.1 Å². The van der Waals surface area contributed by atoms with Gasteiger partial charge in [-0.2, -0.15) is 0 Å². The Balaban J connectivity index is 1.88. The molecule has 0 spiro atoms. The second-order valence-electron chi connectivity index (χ2n) is 5.57. The van der Waals surface area contributed by atoms with Gasteiger partial charge in [-0.05, 0) is 19.8 Å². The molecule has 4 heteroatoms. The predicted octanol–water partition coefficient (Wildman–Crippen LogP) is 1.85. The Kier molecular flexibility index (Phi) is 4.90. The smallest absolute Gasteiger partial charge is 0.224 e. The third-order valence-corrected chi connectivity index (χ3v) is 3.77. The minimum Gasteiger partial charge on any atom is -0.343 e. The zero-order valence-corrected chi connectivity index (χ0v) is 11.9. The van der Waals surface area contributed by atoms with E-state index in [1.54, 1.807) is 0 Å². The van der Waals surface area contributed by atoms with E-state index in [-0.39, 0.29) is 23.7 Å². The van der Waals surface area contributed by atoms with Crippen LogP contribution in [0.25, 0.3) is 0 Å². The second kappa shape index (κ2) is 6.66. The third kappa shape index (κ3) is 3.67. The maximum atomic E-state index is 12.3. The number of carbonyl (C=O) groups is 2. The van der Waals surface area contributed by atoms with Gasteiger partial charge in [0, 0.05) is 37.0 Å². The SMILES string of the molecule is CC(N)CC(=O)N1CCC(C(=O)c2ccccc2)CC1. The molecule has 0 aliphatic carbocycles. The minimum atomic E-state index is -0.105. The van der Waals surface area contributed by atoms with Crippen molar-refractivity contribution in [1.82, 2.24) is 4.90 Å². The van der Waals surface area contributed by atoms with Crippen LogP contribution in [0.3, 0.4) is 0 Å². The number of amides is 1. The Bertz CT molecular complexity index is 463. The fourth-order valence-electron chi connectivity index (χ4n) is 2.63. The van der Waals surface area contributed by atoms with Crippen LogP contribution in [0.2, 0.25) is 0 Å².